The van der Waals surface area contributed by atoms with Gasteiger partial charge in [0.05, 0.1) is 10.7 Å². The number of aromatic nitrogens is 1. The van der Waals surface area contributed by atoms with Crippen molar-refractivity contribution < 1.29 is 4.39 Å². The van der Waals surface area contributed by atoms with Crippen molar-refractivity contribution in [2.75, 3.05) is 7.05 Å². The van der Waals surface area contributed by atoms with E-state index in [0.717, 1.165) is 30.0 Å². The smallest absolute Gasteiger partial charge is 0.123 e. The normalized spacial score (nSPS) is 10.8. The van der Waals surface area contributed by atoms with E-state index < -0.39 is 0 Å². The van der Waals surface area contributed by atoms with Gasteiger partial charge in [0.1, 0.15) is 5.82 Å². The van der Waals surface area contributed by atoms with Crippen LogP contribution < -0.4 is 5.32 Å². The van der Waals surface area contributed by atoms with E-state index in [9.17, 15) is 4.39 Å². The number of hydrogen-bond donors (Lipinski definition) is 1. The molecule has 0 atom stereocenters. The van der Waals surface area contributed by atoms with Crippen LogP contribution >= 0.6 is 11.3 Å². The van der Waals surface area contributed by atoms with Gasteiger partial charge in [-0.25, -0.2) is 9.37 Å². The largest absolute Gasteiger partial charge is 0.315 e. The minimum absolute atomic E-state index is 0.192. The summed E-state index contributed by atoms with van der Waals surface area (Å²) in [5.41, 5.74) is 2.27. The molecule has 0 aliphatic rings. The number of benzene rings is 1. The fraction of sp³-hybridized carbons (Fsp3) is 0.357. The lowest BCUT2D eigenvalue weighted by atomic mass is 10.1. The van der Waals surface area contributed by atoms with Crippen molar-refractivity contribution in [1.29, 1.82) is 0 Å². The molecular formula is C14H17FN2S. The summed E-state index contributed by atoms with van der Waals surface area (Å²) in [4.78, 5) is 5.95. The first-order valence-corrected chi connectivity index (χ1v) is 6.91. The van der Waals surface area contributed by atoms with Crippen molar-refractivity contribution in [3.63, 3.8) is 0 Å². The second kappa shape index (κ2) is 6.07. The molecule has 1 N–H and O–H groups in total. The molecule has 0 saturated carbocycles. The summed E-state index contributed by atoms with van der Waals surface area (Å²) in [5, 5.41) is 4.26. The van der Waals surface area contributed by atoms with Gasteiger partial charge in [-0.1, -0.05) is 19.1 Å². The second-order valence-electron chi connectivity index (χ2n) is 4.16. The lowest BCUT2D eigenvalue weighted by molar-refractivity contribution is 0.627. The van der Waals surface area contributed by atoms with E-state index in [2.05, 4.69) is 17.2 Å². The summed E-state index contributed by atoms with van der Waals surface area (Å²) in [6, 6.07) is 6.64. The standard InChI is InChI=1S/C14H17FN2S/c1-3-12-13(9-16-2)18-14(17-12)8-10-4-6-11(15)7-5-10/h4-7,16H,3,8-9H2,1-2H3. The van der Waals surface area contributed by atoms with Gasteiger partial charge in [0.2, 0.25) is 0 Å². The average Bonchev–Trinajstić information content (AvgIpc) is 2.75. The molecule has 2 rings (SSSR count). The molecule has 0 bridgehead atoms. The first kappa shape index (κ1) is 13.2. The summed E-state index contributed by atoms with van der Waals surface area (Å²) >= 11 is 1.74. The summed E-state index contributed by atoms with van der Waals surface area (Å²) < 4.78 is 12.8. The molecule has 0 aliphatic carbocycles. The van der Waals surface area contributed by atoms with Gasteiger partial charge >= 0.3 is 0 Å². The maximum atomic E-state index is 12.8. The van der Waals surface area contributed by atoms with Crippen molar-refractivity contribution in [2.45, 2.75) is 26.3 Å². The van der Waals surface area contributed by atoms with Crippen LogP contribution in [-0.4, -0.2) is 12.0 Å². The van der Waals surface area contributed by atoms with E-state index in [1.54, 1.807) is 11.3 Å². The summed E-state index contributed by atoms with van der Waals surface area (Å²) in [7, 11) is 1.94. The minimum Gasteiger partial charge on any atom is -0.315 e. The number of thiazole rings is 1. The number of hydrogen-bond acceptors (Lipinski definition) is 3. The van der Waals surface area contributed by atoms with Crippen molar-refractivity contribution in [3.05, 3.63) is 51.2 Å². The summed E-state index contributed by atoms with van der Waals surface area (Å²) in [6.07, 6.45) is 1.73. The lowest BCUT2D eigenvalue weighted by Crippen LogP contribution is -2.05. The van der Waals surface area contributed by atoms with Crippen LogP contribution in [0.3, 0.4) is 0 Å². The topological polar surface area (TPSA) is 24.9 Å². The number of aryl methyl sites for hydroxylation is 1. The quantitative estimate of drug-likeness (QED) is 0.897. The Morgan fingerprint density at radius 2 is 2.00 bits per heavy atom. The first-order chi connectivity index (χ1) is 8.72. The van der Waals surface area contributed by atoms with Gasteiger partial charge < -0.3 is 5.32 Å². The SMILES string of the molecule is CCc1nc(Cc2ccc(F)cc2)sc1CNC. The first-order valence-electron chi connectivity index (χ1n) is 6.09. The number of nitrogens with zero attached hydrogens (tertiary/aromatic N) is 1. The Balaban J connectivity index is 2.16. The van der Waals surface area contributed by atoms with Gasteiger partial charge in [-0.2, -0.15) is 0 Å². The van der Waals surface area contributed by atoms with Crippen LogP contribution in [0.25, 0.3) is 0 Å². The van der Waals surface area contributed by atoms with Crippen molar-refractivity contribution in [1.82, 2.24) is 10.3 Å². The Morgan fingerprint density at radius 3 is 2.61 bits per heavy atom. The van der Waals surface area contributed by atoms with Crippen molar-refractivity contribution in [3.8, 4) is 0 Å². The molecule has 0 spiro atoms. The van der Waals surface area contributed by atoms with Gasteiger partial charge in [-0.3, -0.25) is 0 Å². The molecule has 4 heteroatoms. The molecule has 1 heterocycles. The third kappa shape index (κ3) is 3.15. The zero-order valence-electron chi connectivity index (χ0n) is 10.7. The fourth-order valence-electron chi connectivity index (χ4n) is 1.86. The number of halogens is 1. The van der Waals surface area contributed by atoms with E-state index in [1.807, 2.05) is 19.2 Å². The number of nitrogens with one attached hydrogen (secondary N) is 1. The third-order valence-electron chi connectivity index (χ3n) is 2.76. The van der Waals surface area contributed by atoms with E-state index in [1.165, 1.54) is 22.7 Å². The Bertz CT molecular complexity index is 505. The molecule has 0 unspecified atom stereocenters. The Kier molecular flexibility index (Phi) is 4.44. The van der Waals surface area contributed by atoms with Crippen LogP contribution in [0.1, 0.15) is 28.1 Å². The van der Waals surface area contributed by atoms with Gasteiger partial charge in [0, 0.05) is 17.8 Å². The molecule has 1 aromatic carbocycles. The molecule has 0 amide bonds. The summed E-state index contributed by atoms with van der Waals surface area (Å²) in [6.45, 7) is 2.99. The van der Waals surface area contributed by atoms with Crippen LogP contribution in [0.2, 0.25) is 0 Å². The Labute approximate surface area is 111 Å². The van der Waals surface area contributed by atoms with E-state index in [-0.39, 0.29) is 5.82 Å². The molecule has 1 aromatic heterocycles. The predicted octanol–water partition coefficient (Wildman–Crippen LogP) is 3.15. The van der Waals surface area contributed by atoms with E-state index in [0.29, 0.717) is 0 Å². The van der Waals surface area contributed by atoms with E-state index >= 15 is 0 Å². The van der Waals surface area contributed by atoms with E-state index in [4.69, 9.17) is 0 Å². The molecule has 0 radical (unpaired) electrons. The van der Waals surface area contributed by atoms with Crippen molar-refractivity contribution in [2.24, 2.45) is 0 Å². The molecular weight excluding hydrogens is 247 g/mol. The zero-order valence-corrected chi connectivity index (χ0v) is 11.5. The molecule has 0 aliphatic heterocycles. The van der Waals surface area contributed by atoms with Crippen LogP contribution in [0.15, 0.2) is 24.3 Å². The summed E-state index contributed by atoms with van der Waals surface area (Å²) in [5.74, 6) is -0.192. The number of rotatable bonds is 5. The molecule has 2 nitrogen and oxygen atoms in total. The van der Waals surface area contributed by atoms with Crippen LogP contribution in [0.5, 0.6) is 0 Å². The second-order valence-corrected chi connectivity index (χ2v) is 5.33. The van der Waals surface area contributed by atoms with Crippen LogP contribution in [-0.2, 0) is 19.4 Å². The lowest BCUT2D eigenvalue weighted by Gasteiger charge is -1.97. The molecule has 0 fully saturated rings. The fourth-order valence-corrected chi connectivity index (χ4v) is 3.07. The third-order valence-corrected chi connectivity index (χ3v) is 3.86. The highest BCUT2D eigenvalue weighted by Crippen LogP contribution is 2.21. The molecule has 2 aromatic rings. The minimum atomic E-state index is -0.192. The predicted molar refractivity (Wildman–Crippen MR) is 73.5 cm³/mol. The van der Waals surface area contributed by atoms with Gasteiger partial charge in [-0.15, -0.1) is 11.3 Å². The van der Waals surface area contributed by atoms with Crippen molar-refractivity contribution >= 4 is 11.3 Å². The van der Waals surface area contributed by atoms with Crippen LogP contribution in [0.4, 0.5) is 4.39 Å². The van der Waals surface area contributed by atoms with Gasteiger partial charge in [0.25, 0.3) is 0 Å². The van der Waals surface area contributed by atoms with Crippen LogP contribution in [0, 0.1) is 5.82 Å². The highest BCUT2D eigenvalue weighted by molar-refractivity contribution is 7.11. The highest BCUT2D eigenvalue weighted by Gasteiger charge is 2.09. The maximum Gasteiger partial charge on any atom is 0.123 e. The molecule has 0 saturated heterocycles. The highest BCUT2D eigenvalue weighted by atomic mass is 32.1. The van der Waals surface area contributed by atoms with Gasteiger partial charge in [0.15, 0.2) is 0 Å². The molecule has 96 valence electrons. The molecule has 18 heavy (non-hydrogen) atoms. The maximum absolute atomic E-state index is 12.8. The van der Waals surface area contributed by atoms with Gasteiger partial charge in [-0.05, 0) is 31.2 Å². The zero-order chi connectivity index (χ0) is 13.0. The monoisotopic (exact) mass is 264 g/mol. The Morgan fingerprint density at radius 1 is 1.28 bits per heavy atom. The average molecular weight is 264 g/mol. The Hall–Kier alpha value is -1.26.